The molecule has 1 aromatic heterocycles. The molecule has 1 aromatic carbocycles. The fraction of sp³-hybridized carbons (Fsp3) is 0.182. The van der Waals surface area contributed by atoms with Crippen molar-refractivity contribution in [2.45, 2.75) is 4.34 Å². The molecule has 0 atom stereocenters. The van der Waals surface area contributed by atoms with Crippen LogP contribution in [-0.4, -0.2) is 28.9 Å². The number of thioether (sulfide) groups is 1. The first-order chi connectivity index (χ1) is 9.58. The Morgan fingerprint density at radius 1 is 1.40 bits per heavy atom. The van der Waals surface area contributed by atoms with Crippen LogP contribution in [0.4, 0.5) is 19.6 Å². The molecule has 2 aromatic rings. The predicted molar refractivity (Wildman–Crippen MR) is 75.2 cm³/mol. The van der Waals surface area contributed by atoms with Crippen molar-refractivity contribution in [3.05, 3.63) is 29.8 Å². The second-order valence-electron chi connectivity index (χ2n) is 3.58. The molecule has 1 heterocycles. The molecule has 2 rings (SSSR count). The zero-order valence-corrected chi connectivity index (χ0v) is 11.9. The van der Waals surface area contributed by atoms with Crippen molar-refractivity contribution in [1.82, 2.24) is 10.2 Å². The summed E-state index contributed by atoms with van der Waals surface area (Å²) in [4.78, 5) is 11.6. The molecular formula is C11H10F2N4OS2. The topological polar surface area (TPSA) is 66.9 Å². The van der Waals surface area contributed by atoms with E-state index in [1.807, 2.05) is 0 Å². The summed E-state index contributed by atoms with van der Waals surface area (Å²) in [7, 11) is 1.72. The van der Waals surface area contributed by atoms with Gasteiger partial charge in [-0.15, -0.1) is 10.2 Å². The molecule has 0 spiro atoms. The van der Waals surface area contributed by atoms with Crippen LogP contribution < -0.4 is 10.6 Å². The average Bonchev–Trinajstić information content (AvgIpc) is 2.88. The van der Waals surface area contributed by atoms with Gasteiger partial charge in [-0.1, -0.05) is 23.1 Å². The molecule has 2 N–H and O–H groups in total. The zero-order valence-electron chi connectivity index (χ0n) is 10.3. The van der Waals surface area contributed by atoms with E-state index in [1.165, 1.54) is 29.2 Å². The van der Waals surface area contributed by atoms with E-state index in [-0.39, 0.29) is 11.4 Å². The molecular weight excluding hydrogens is 306 g/mol. The monoisotopic (exact) mass is 316 g/mol. The molecule has 0 fully saturated rings. The Hall–Kier alpha value is -1.74. The number of amides is 1. The van der Waals surface area contributed by atoms with Gasteiger partial charge in [0.25, 0.3) is 0 Å². The lowest BCUT2D eigenvalue weighted by Gasteiger charge is -2.05. The van der Waals surface area contributed by atoms with Crippen LogP contribution in [0.25, 0.3) is 0 Å². The lowest BCUT2D eigenvalue weighted by atomic mass is 10.3. The van der Waals surface area contributed by atoms with E-state index in [4.69, 9.17) is 0 Å². The molecule has 0 aliphatic heterocycles. The molecule has 0 saturated heterocycles. The van der Waals surface area contributed by atoms with Gasteiger partial charge in [-0.2, -0.15) is 0 Å². The normalized spacial score (nSPS) is 10.3. The third kappa shape index (κ3) is 3.87. The third-order valence-corrected chi connectivity index (χ3v) is 4.23. The molecule has 0 aliphatic carbocycles. The number of hydrogen-bond acceptors (Lipinski definition) is 6. The van der Waals surface area contributed by atoms with Crippen molar-refractivity contribution in [1.29, 1.82) is 0 Å². The van der Waals surface area contributed by atoms with Crippen molar-refractivity contribution in [2.75, 3.05) is 23.4 Å². The first-order valence-corrected chi connectivity index (χ1v) is 7.27. The van der Waals surface area contributed by atoms with Crippen molar-refractivity contribution >= 4 is 39.8 Å². The van der Waals surface area contributed by atoms with Crippen LogP contribution in [0.5, 0.6) is 0 Å². The second kappa shape index (κ2) is 6.62. The third-order valence-electron chi connectivity index (χ3n) is 2.15. The van der Waals surface area contributed by atoms with E-state index in [2.05, 4.69) is 20.8 Å². The van der Waals surface area contributed by atoms with E-state index < -0.39 is 17.5 Å². The van der Waals surface area contributed by atoms with Crippen LogP contribution in [0.3, 0.4) is 0 Å². The summed E-state index contributed by atoms with van der Waals surface area (Å²) in [5.41, 5.74) is -0.0508. The zero-order chi connectivity index (χ0) is 14.5. The minimum absolute atomic E-state index is 0.0508. The summed E-state index contributed by atoms with van der Waals surface area (Å²) in [5, 5.41) is 13.5. The molecule has 0 saturated carbocycles. The summed E-state index contributed by atoms with van der Waals surface area (Å²) < 4.78 is 26.7. The largest absolute Gasteiger partial charge is 0.363 e. The van der Waals surface area contributed by atoms with E-state index in [9.17, 15) is 13.6 Å². The van der Waals surface area contributed by atoms with Crippen LogP contribution in [-0.2, 0) is 4.79 Å². The van der Waals surface area contributed by atoms with Crippen LogP contribution in [0.15, 0.2) is 22.5 Å². The number of carbonyl (C=O) groups excluding carboxylic acids is 1. The highest BCUT2D eigenvalue weighted by Gasteiger charge is 2.10. The summed E-state index contributed by atoms with van der Waals surface area (Å²) >= 11 is 2.50. The van der Waals surface area contributed by atoms with Crippen molar-refractivity contribution < 1.29 is 13.6 Å². The molecule has 1 amide bonds. The van der Waals surface area contributed by atoms with Gasteiger partial charge in [-0.05, 0) is 12.1 Å². The molecule has 5 nitrogen and oxygen atoms in total. The highest BCUT2D eigenvalue weighted by atomic mass is 32.2. The molecule has 0 aliphatic rings. The van der Waals surface area contributed by atoms with Crippen LogP contribution in [0, 0.1) is 11.6 Å². The second-order valence-corrected chi connectivity index (χ2v) is 5.78. The quantitative estimate of drug-likeness (QED) is 0.830. The van der Waals surface area contributed by atoms with Crippen LogP contribution in [0.2, 0.25) is 0 Å². The van der Waals surface area contributed by atoms with E-state index in [0.29, 0.717) is 15.5 Å². The number of halogens is 2. The number of hydrogen-bond donors (Lipinski definition) is 2. The molecule has 20 heavy (non-hydrogen) atoms. The van der Waals surface area contributed by atoms with E-state index >= 15 is 0 Å². The number of rotatable bonds is 5. The molecule has 0 radical (unpaired) electrons. The maximum Gasteiger partial charge on any atom is 0.234 e. The van der Waals surface area contributed by atoms with Gasteiger partial charge in [-0.25, -0.2) is 8.78 Å². The first kappa shape index (κ1) is 14.7. The number of benzene rings is 1. The Labute approximate surface area is 121 Å². The fourth-order valence-corrected chi connectivity index (χ4v) is 2.78. The Morgan fingerprint density at radius 3 is 2.85 bits per heavy atom. The number of nitrogens with zero attached hydrogens (tertiary/aromatic N) is 2. The lowest BCUT2D eigenvalue weighted by molar-refractivity contribution is -0.113. The smallest absolute Gasteiger partial charge is 0.234 e. The standard InChI is InChI=1S/C11H10F2N4OS2/c1-14-10-16-17-11(20-10)19-5-9(18)15-8-3-2-6(12)4-7(8)13/h2-4H,5H2,1H3,(H,14,16)(H,15,18). The minimum atomic E-state index is -0.809. The fourth-order valence-electron chi connectivity index (χ4n) is 1.27. The maximum absolute atomic E-state index is 13.3. The minimum Gasteiger partial charge on any atom is -0.363 e. The Bertz CT molecular complexity index is 620. The van der Waals surface area contributed by atoms with Gasteiger partial charge in [0.15, 0.2) is 4.34 Å². The van der Waals surface area contributed by atoms with Crippen LogP contribution >= 0.6 is 23.1 Å². The van der Waals surface area contributed by atoms with Crippen molar-refractivity contribution in [3.8, 4) is 0 Å². The number of aromatic nitrogens is 2. The number of anilines is 2. The van der Waals surface area contributed by atoms with Gasteiger partial charge in [0.05, 0.1) is 11.4 Å². The Balaban J connectivity index is 1.89. The Morgan fingerprint density at radius 2 is 2.20 bits per heavy atom. The van der Waals surface area contributed by atoms with Gasteiger partial charge in [0.2, 0.25) is 11.0 Å². The highest BCUT2D eigenvalue weighted by molar-refractivity contribution is 8.01. The maximum atomic E-state index is 13.3. The van der Waals surface area contributed by atoms with Gasteiger partial charge in [0.1, 0.15) is 11.6 Å². The van der Waals surface area contributed by atoms with E-state index in [0.717, 1.165) is 6.07 Å². The van der Waals surface area contributed by atoms with Crippen molar-refractivity contribution in [2.24, 2.45) is 0 Å². The van der Waals surface area contributed by atoms with Gasteiger partial charge in [-0.3, -0.25) is 4.79 Å². The molecule has 0 bridgehead atoms. The summed E-state index contributed by atoms with van der Waals surface area (Å²) in [6, 6.07) is 2.97. The van der Waals surface area contributed by atoms with Gasteiger partial charge < -0.3 is 10.6 Å². The number of carbonyl (C=O) groups is 1. The summed E-state index contributed by atoms with van der Waals surface area (Å²) in [5.74, 6) is -1.84. The van der Waals surface area contributed by atoms with Crippen molar-refractivity contribution in [3.63, 3.8) is 0 Å². The molecule has 9 heteroatoms. The molecule has 0 unspecified atom stereocenters. The lowest BCUT2D eigenvalue weighted by Crippen LogP contribution is -2.15. The predicted octanol–water partition coefficient (Wildman–Crippen LogP) is 2.59. The highest BCUT2D eigenvalue weighted by Crippen LogP contribution is 2.25. The average molecular weight is 316 g/mol. The van der Waals surface area contributed by atoms with E-state index in [1.54, 1.807) is 7.05 Å². The van der Waals surface area contributed by atoms with Gasteiger partial charge in [0, 0.05) is 13.1 Å². The van der Waals surface area contributed by atoms with Crippen LogP contribution in [0.1, 0.15) is 0 Å². The van der Waals surface area contributed by atoms with Gasteiger partial charge >= 0.3 is 0 Å². The number of nitrogens with one attached hydrogen (secondary N) is 2. The first-order valence-electron chi connectivity index (χ1n) is 5.47. The summed E-state index contributed by atoms with van der Waals surface area (Å²) in [6.45, 7) is 0. The SMILES string of the molecule is CNc1nnc(SCC(=O)Nc2ccc(F)cc2F)s1. The Kier molecular flexibility index (Phi) is 4.85. The molecule has 106 valence electrons. The summed E-state index contributed by atoms with van der Waals surface area (Å²) in [6.07, 6.45) is 0.